The summed E-state index contributed by atoms with van der Waals surface area (Å²) in [6.07, 6.45) is 3.99. The highest BCUT2D eigenvalue weighted by atomic mass is 19.4. The fourth-order valence-corrected chi connectivity index (χ4v) is 7.82. The minimum atomic E-state index is -4.01. The van der Waals surface area contributed by atoms with Crippen molar-refractivity contribution in [2.45, 2.75) is 77.8 Å². The van der Waals surface area contributed by atoms with Gasteiger partial charge in [0.2, 0.25) is 0 Å². The minimum Gasteiger partial charge on any atom is -0.300 e. The van der Waals surface area contributed by atoms with Crippen molar-refractivity contribution in [1.82, 2.24) is 0 Å². The molecule has 0 amide bonds. The second-order valence-corrected chi connectivity index (χ2v) is 9.77. The third-order valence-corrected chi connectivity index (χ3v) is 8.91. The number of carbonyl (C=O) groups excluding carboxylic acids is 1. The molecule has 25 heavy (non-hydrogen) atoms. The Morgan fingerprint density at radius 1 is 0.920 bits per heavy atom. The summed E-state index contributed by atoms with van der Waals surface area (Å²) in [4.78, 5) is 12.1. The molecule has 0 N–H and O–H groups in total. The maximum absolute atomic E-state index is 13.1. The number of ketones is 1. The predicted octanol–water partition coefficient (Wildman–Crippen LogP) is 6.02. The molecule has 0 heterocycles. The summed E-state index contributed by atoms with van der Waals surface area (Å²) in [7, 11) is 0. The number of hydrogen-bond donors (Lipinski definition) is 0. The zero-order valence-corrected chi connectivity index (χ0v) is 15.4. The summed E-state index contributed by atoms with van der Waals surface area (Å²) in [6.45, 7) is 4.08. The average Bonchev–Trinajstić information content (AvgIpc) is 2.90. The molecule has 0 aromatic heterocycles. The zero-order valence-electron chi connectivity index (χ0n) is 15.4. The van der Waals surface area contributed by atoms with Crippen LogP contribution in [0.2, 0.25) is 0 Å². The second-order valence-electron chi connectivity index (χ2n) is 9.77. The molecule has 0 aromatic rings. The highest BCUT2D eigenvalue weighted by Gasteiger charge is 2.58. The number of Topliss-reactive ketones (excluding diaryl/α,β-unsaturated/α-hetero) is 1. The average molecular weight is 356 g/mol. The Hall–Kier alpha value is -0.540. The van der Waals surface area contributed by atoms with Crippen LogP contribution in [0.5, 0.6) is 0 Å². The molecule has 4 heteroatoms. The first-order chi connectivity index (χ1) is 11.7. The molecule has 0 aliphatic heterocycles. The molecule has 0 bridgehead atoms. The van der Waals surface area contributed by atoms with E-state index in [-0.39, 0.29) is 17.3 Å². The maximum atomic E-state index is 13.1. The third-order valence-electron chi connectivity index (χ3n) is 8.91. The first kappa shape index (κ1) is 17.9. The third kappa shape index (κ3) is 2.77. The minimum absolute atomic E-state index is 0.156. The monoisotopic (exact) mass is 356 g/mol. The van der Waals surface area contributed by atoms with Crippen molar-refractivity contribution in [3.63, 3.8) is 0 Å². The molecule has 0 aromatic carbocycles. The molecule has 142 valence electrons. The van der Waals surface area contributed by atoms with E-state index in [1.807, 2.05) is 0 Å². The van der Waals surface area contributed by atoms with Crippen molar-refractivity contribution in [2.24, 2.45) is 46.8 Å². The van der Waals surface area contributed by atoms with Gasteiger partial charge in [0.15, 0.2) is 0 Å². The fraction of sp³-hybridized carbons (Fsp3) is 0.952. The number of carbonyl (C=O) groups is 1. The van der Waals surface area contributed by atoms with Gasteiger partial charge in [-0.2, -0.15) is 13.2 Å². The molecule has 4 fully saturated rings. The lowest BCUT2D eigenvalue weighted by Crippen LogP contribution is -2.49. The molecule has 4 rings (SSSR count). The molecule has 1 nitrogen and oxygen atoms in total. The van der Waals surface area contributed by atoms with Crippen molar-refractivity contribution >= 4 is 5.78 Å². The molecule has 4 saturated carbocycles. The lowest BCUT2D eigenvalue weighted by atomic mass is 9.49. The topological polar surface area (TPSA) is 17.1 Å². The van der Waals surface area contributed by atoms with Gasteiger partial charge in [-0.05, 0) is 99.7 Å². The SMILES string of the molecule is CC(=O)[C@H]1CC[C@H]2[C@@H]3CCC4CC(C(F)(F)F)CC[C@@H]4[C@H]3CC[C@]12C. The summed E-state index contributed by atoms with van der Waals surface area (Å²) < 4.78 is 39.4. The van der Waals surface area contributed by atoms with Crippen molar-refractivity contribution in [3.8, 4) is 0 Å². The fourth-order valence-electron chi connectivity index (χ4n) is 7.82. The van der Waals surface area contributed by atoms with Crippen LogP contribution >= 0.6 is 0 Å². The van der Waals surface area contributed by atoms with Crippen LogP contribution in [-0.2, 0) is 4.79 Å². The Morgan fingerprint density at radius 3 is 2.32 bits per heavy atom. The molecule has 0 saturated heterocycles. The molecular formula is C21H31F3O. The Labute approximate surface area is 149 Å². The van der Waals surface area contributed by atoms with Gasteiger partial charge in [-0.15, -0.1) is 0 Å². The van der Waals surface area contributed by atoms with E-state index in [2.05, 4.69) is 6.92 Å². The molecular weight excluding hydrogens is 325 g/mol. The molecule has 8 atom stereocenters. The summed E-state index contributed by atoms with van der Waals surface area (Å²) in [6, 6.07) is 0. The number of alkyl halides is 3. The van der Waals surface area contributed by atoms with Crippen molar-refractivity contribution in [2.75, 3.05) is 0 Å². The summed E-state index contributed by atoms with van der Waals surface area (Å²) >= 11 is 0. The van der Waals surface area contributed by atoms with Crippen LogP contribution in [-0.4, -0.2) is 12.0 Å². The smallest absolute Gasteiger partial charge is 0.300 e. The van der Waals surface area contributed by atoms with Gasteiger partial charge in [0.1, 0.15) is 5.78 Å². The van der Waals surface area contributed by atoms with E-state index in [4.69, 9.17) is 0 Å². The standard InChI is InChI=1S/C21H31F3O/c1-12(25)18-7-8-19-17-5-3-13-11-14(21(22,23)24)4-6-15(13)16(17)9-10-20(18,19)2/h13-19H,3-11H2,1-2H3/t13?,14?,15-,16+,17+,18+,19-,20+/m0/s1. The lowest BCUT2D eigenvalue weighted by molar-refractivity contribution is -0.196. The summed E-state index contributed by atoms with van der Waals surface area (Å²) in [5.74, 6) is 2.21. The van der Waals surface area contributed by atoms with Crippen LogP contribution in [0.25, 0.3) is 0 Å². The lowest BCUT2D eigenvalue weighted by Gasteiger charge is -2.56. The highest BCUT2D eigenvalue weighted by Crippen LogP contribution is 2.64. The van der Waals surface area contributed by atoms with Gasteiger partial charge in [-0.1, -0.05) is 6.92 Å². The Morgan fingerprint density at radius 2 is 1.64 bits per heavy atom. The molecule has 0 radical (unpaired) electrons. The normalized spacial score (nSPS) is 49.9. The summed E-state index contributed by atoms with van der Waals surface area (Å²) in [5.41, 5.74) is 0.156. The van der Waals surface area contributed by atoms with Crippen LogP contribution in [0.1, 0.15) is 71.6 Å². The van der Waals surface area contributed by atoms with Crippen LogP contribution in [0.3, 0.4) is 0 Å². The van der Waals surface area contributed by atoms with E-state index >= 15 is 0 Å². The number of halogens is 3. The largest absolute Gasteiger partial charge is 0.391 e. The van der Waals surface area contributed by atoms with E-state index < -0.39 is 12.1 Å². The molecule has 2 unspecified atom stereocenters. The molecule has 4 aliphatic rings. The van der Waals surface area contributed by atoms with E-state index in [9.17, 15) is 18.0 Å². The number of rotatable bonds is 1. The highest BCUT2D eigenvalue weighted by molar-refractivity contribution is 5.79. The number of hydrogen-bond acceptors (Lipinski definition) is 1. The van der Waals surface area contributed by atoms with Gasteiger partial charge in [-0.25, -0.2) is 0 Å². The molecule has 0 spiro atoms. The van der Waals surface area contributed by atoms with Crippen LogP contribution in [0, 0.1) is 46.8 Å². The van der Waals surface area contributed by atoms with Crippen molar-refractivity contribution in [1.29, 1.82) is 0 Å². The molecule has 4 aliphatic carbocycles. The van der Waals surface area contributed by atoms with E-state index in [1.165, 1.54) is 0 Å². The van der Waals surface area contributed by atoms with Crippen LogP contribution in [0.4, 0.5) is 13.2 Å². The number of fused-ring (bicyclic) bond motifs is 5. The van der Waals surface area contributed by atoms with Crippen molar-refractivity contribution < 1.29 is 18.0 Å². The van der Waals surface area contributed by atoms with E-state index in [0.29, 0.717) is 42.3 Å². The van der Waals surface area contributed by atoms with Gasteiger partial charge in [0, 0.05) is 5.92 Å². The van der Waals surface area contributed by atoms with Gasteiger partial charge < -0.3 is 0 Å². The van der Waals surface area contributed by atoms with Gasteiger partial charge in [-0.3, -0.25) is 4.79 Å². The Balaban J connectivity index is 1.51. The van der Waals surface area contributed by atoms with Gasteiger partial charge in [0.25, 0.3) is 0 Å². The van der Waals surface area contributed by atoms with E-state index in [1.54, 1.807) is 6.92 Å². The first-order valence-corrected chi connectivity index (χ1v) is 10.3. The van der Waals surface area contributed by atoms with Gasteiger partial charge in [0.05, 0.1) is 5.92 Å². The Bertz CT molecular complexity index is 542. The first-order valence-electron chi connectivity index (χ1n) is 10.3. The predicted molar refractivity (Wildman–Crippen MR) is 90.8 cm³/mol. The quantitative estimate of drug-likeness (QED) is 0.561. The van der Waals surface area contributed by atoms with Crippen LogP contribution in [0.15, 0.2) is 0 Å². The van der Waals surface area contributed by atoms with Crippen molar-refractivity contribution in [3.05, 3.63) is 0 Å². The van der Waals surface area contributed by atoms with Crippen LogP contribution < -0.4 is 0 Å². The second kappa shape index (κ2) is 5.99. The zero-order chi connectivity index (χ0) is 18.0. The summed E-state index contributed by atoms with van der Waals surface area (Å²) in [5, 5.41) is 0. The van der Waals surface area contributed by atoms with Gasteiger partial charge >= 0.3 is 6.18 Å². The Kier molecular flexibility index (Phi) is 4.28. The van der Waals surface area contributed by atoms with E-state index in [0.717, 1.165) is 44.9 Å². The maximum Gasteiger partial charge on any atom is 0.391 e.